The summed E-state index contributed by atoms with van der Waals surface area (Å²) in [6.45, 7) is 1.31. The van der Waals surface area contributed by atoms with E-state index in [-0.39, 0.29) is 23.6 Å². The number of rotatable bonds is 2. The molecule has 0 saturated carbocycles. The molecule has 0 aromatic heterocycles. The standard InChI is InChI=1S/C12H13BrFNO2/c1-17-12(16)9-6-15-5-8(9)7-2-3-11(14)10(13)4-7/h2-4,8-9,15H,5-6H2,1H3. The van der Waals surface area contributed by atoms with Crippen molar-refractivity contribution < 1.29 is 13.9 Å². The van der Waals surface area contributed by atoms with Crippen LogP contribution in [0.5, 0.6) is 0 Å². The first-order valence-electron chi connectivity index (χ1n) is 5.37. The Morgan fingerprint density at radius 3 is 2.94 bits per heavy atom. The zero-order valence-corrected chi connectivity index (χ0v) is 11.0. The van der Waals surface area contributed by atoms with Crippen molar-refractivity contribution in [2.24, 2.45) is 5.92 Å². The Morgan fingerprint density at radius 2 is 2.29 bits per heavy atom. The van der Waals surface area contributed by atoms with Gasteiger partial charge in [0.1, 0.15) is 5.82 Å². The first kappa shape index (κ1) is 12.5. The first-order valence-corrected chi connectivity index (χ1v) is 6.16. The van der Waals surface area contributed by atoms with Gasteiger partial charge in [0.2, 0.25) is 0 Å². The molecule has 0 bridgehead atoms. The normalized spacial score (nSPS) is 23.7. The maximum Gasteiger partial charge on any atom is 0.310 e. The number of carbonyl (C=O) groups is 1. The Balaban J connectivity index is 2.26. The summed E-state index contributed by atoms with van der Waals surface area (Å²) in [5.74, 6) is -0.675. The van der Waals surface area contributed by atoms with Crippen LogP contribution < -0.4 is 5.32 Å². The molecule has 2 unspecified atom stereocenters. The highest BCUT2D eigenvalue weighted by Crippen LogP contribution is 2.31. The van der Waals surface area contributed by atoms with Gasteiger partial charge in [-0.05, 0) is 33.6 Å². The van der Waals surface area contributed by atoms with Crippen LogP contribution in [0.2, 0.25) is 0 Å². The van der Waals surface area contributed by atoms with Crippen LogP contribution in [0, 0.1) is 11.7 Å². The van der Waals surface area contributed by atoms with Gasteiger partial charge in [0.25, 0.3) is 0 Å². The fourth-order valence-electron chi connectivity index (χ4n) is 2.17. The highest BCUT2D eigenvalue weighted by molar-refractivity contribution is 9.10. The number of ether oxygens (including phenoxy) is 1. The summed E-state index contributed by atoms with van der Waals surface area (Å²) in [7, 11) is 1.39. The monoisotopic (exact) mass is 301 g/mol. The van der Waals surface area contributed by atoms with Crippen LogP contribution in [0.15, 0.2) is 22.7 Å². The minimum absolute atomic E-state index is 0.0411. The number of benzene rings is 1. The maximum atomic E-state index is 13.2. The molecule has 1 aliphatic rings. The van der Waals surface area contributed by atoms with Crippen molar-refractivity contribution in [3.05, 3.63) is 34.1 Å². The van der Waals surface area contributed by atoms with Gasteiger partial charge < -0.3 is 10.1 Å². The van der Waals surface area contributed by atoms with E-state index >= 15 is 0 Å². The third kappa shape index (κ3) is 2.50. The summed E-state index contributed by atoms with van der Waals surface area (Å²) >= 11 is 3.16. The van der Waals surface area contributed by atoms with Crippen molar-refractivity contribution >= 4 is 21.9 Å². The summed E-state index contributed by atoms with van der Waals surface area (Å²) in [5.41, 5.74) is 0.943. The van der Waals surface area contributed by atoms with Gasteiger partial charge in [-0.2, -0.15) is 0 Å². The molecule has 3 nitrogen and oxygen atoms in total. The molecule has 1 fully saturated rings. The summed E-state index contributed by atoms with van der Waals surface area (Å²) < 4.78 is 18.4. The quantitative estimate of drug-likeness (QED) is 0.850. The highest BCUT2D eigenvalue weighted by Gasteiger charge is 2.34. The van der Waals surface area contributed by atoms with Crippen molar-refractivity contribution in [3.63, 3.8) is 0 Å². The van der Waals surface area contributed by atoms with E-state index in [0.29, 0.717) is 17.6 Å². The van der Waals surface area contributed by atoms with Crippen LogP contribution >= 0.6 is 15.9 Å². The fourth-order valence-corrected chi connectivity index (χ4v) is 2.57. The van der Waals surface area contributed by atoms with Crippen molar-refractivity contribution in [2.75, 3.05) is 20.2 Å². The lowest BCUT2D eigenvalue weighted by Gasteiger charge is -2.17. The zero-order chi connectivity index (χ0) is 12.4. The Labute approximate surface area is 107 Å². The molecule has 1 aromatic rings. The van der Waals surface area contributed by atoms with Gasteiger partial charge in [-0.3, -0.25) is 4.79 Å². The topological polar surface area (TPSA) is 38.3 Å². The highest BCUT2D eigenvalue weighted by atomic mass is 79.9. The molecular formula is C12H13BrFNO2. The van der Waals surface area contributed by atoms with E-state index in [0.717, 1.165) is 5.56 Å². The Hall–Kier alpha value is -0.940. The van der Waals surface area contributed by atoms with E-state index in [9.17, 15) is 9.18 Å². The summed E-state index contributed by atoms with van der Waals surface area (Å²) in [6.07, 6.45) is 0. The van der Waals surface area contributed by atoms with Crippen molar-refractivity contribution in [3.8, 4) is 0 Å². The summed E-state index contributed by atoms with van der Waals surface area (Å²) in [5, 5.41) is 3.16. The van der Waals surface area contributed by atoms with E-state index in [4.69, 9.17) is 4.74 Å². The molecule has 1 aromatic carbocycles. The predicted octanol–water partition coefficient (Wildman–Crippen LogP) is 2.06. The van der Waals surface area contributed by atoms with Crippen LogP contribution in [-0.4, -0.2) is 26.2 Å². The Bertz CT molecular complexity index is 439. The Kier molecular flexibility index (Phi) is 3.79. The largest absolute Gasteiger partial charge is 0.469 e. The second-order valence-corrected chi connectivity index (χ2v) is 4.92. The molecule has 17 heavy (non-hydrogen) atoms. The molecule has 0 spiro atoms. The first-order chi connectivity index (χ1) is 8.13. The molecular weight excluding hydrogens is 289 g/mol. The number of esters is 1. The molecule has 0 aliphatic carbocycles. The minimum Gasteiger partial charge on any atom is -0.469 e. The number of nitrogens with one attached hydrogen (secondary N) is 1. The third-order valence-electron chi connectivity index (χ3n) is 3.09. The van der Waals surface area contributed by atoms with Gasteiger partial charge in [-0.15, -0.1) is 0 Å². The molecule has 1 saturated heterocycles. The lowest BCUT2D eigenvalue weighted by Crippen LogP contribution is -2.23. The summed E-state index contributed by atoms with van der Waals surface area (Å²) in [6, 6.07) is 4.85. The van der Waals surface area contributed by atoms with Crippen molar-refractivity contribution in [1.29, 1.82) is 0 Å². The van der Waals surface area contributed by atoms with Gasteiger partial charge in [0.15, 0.2) is 0 Å². The molecule has 0 radical (unpaired) electrons. The second-order valence-electron chi connectivity index (χ2n) is 4.07. The van der Waals surface area contributed by atoms with Crippen LogP contribution in [0.3, 0.4) is 0 Å². The van der Waals surface area contributed by atoms with Crippen molar-refractivity contribution in [2.45, 2.75) is 5.92 Å². The van der Waals surface area contributed by atoms with E-state index in [1.165, 1.54) is 13.2 Å². The van der Waals surface area contributed by atoms with Gasteiger partial charge in [-0.25, -0.2) is 4.39 Å². The third-order valence-corrected chi connectivity index (χ3v) is 3.70. The van der Waals surface area contributed by atoms with Crippen molar-refractivity contribution in [1.82, 2.24) is 5.32 Å². The molecule has 1 heterocycles. The van der Waals surface area contributed by atoms with Crippen LogP contribution in [-0.2, 0) is 9.53 Å². The van der Waals surface area contributed by atoms with E-state index in [1.807, 2.05) is 0 Å². The SMILES string of the molecule is COC(=O)C1CNCC1c1ccc(F)c(Br)c1. The van der Waals surface area contributed by atoms with Crippen LogP contribution in [0.1, 0.15) is 11.5 Å². The number of hydrogen-bond donors (Lipinski definition) is 1. The van der Waals surface area contributed by atoms with Gasteiger partial charge in [0.05, 0.1) is 17.5 Å². The zero-order valence-electron chi connectivity index (χ0n) is 9.37. The van der Waals surface area contributed by atoms with Gasteiger partial charge >= 0.3 is 5.97 Å². The predicted molar refractivity (Wildman–Crippen MR) is 65.2 cm³/mol. The van der Waals surface area contributed by atoms with E-state index < -0.39 is 0 Å². The van der Waals surface area contributed by atoms with E-state index in [2.05, 4.69) is 21.2 Å². The molecule has 1 N–H and O–H groups in total. The minimum atomic E-state index is -0.297. The molecule has 2 atom stereocenters. The molecule has 1 aliphatic heterocycles. The smallest absolute Gasteiger partial charge is 0.310 e. The van der Waals surface area contributed by atoms with Crippen LogP contribution in [0.25, 0.3) is 0 Å². The average Bonchev–Trinajstić information content (AvgIpc) is 2.80. The molecule has 2 rings (SSSR count). The fraction of sp³-hybridized carbons (Fsp3) is 0.417. The van der Waals surface area contributed by atoms with E-state index in [1.54, 1.807) is 12.1 Å². The lowest BCUT2D eigenvalue weighted by atomic mass is 9.89. The average molecular weight is 302 g/mol. The summed E-state index contributed by atoms with van der Waals surface area (Å²) in [4.78, 5) is 11.6. The maximum absolute atomic E-state index is 13.2. The number of halogens is 2. The lowest BCUT2D eigenvalue weighted by molar-refractivity contribution is -0.145. The van der Waals surface area contributed by atoms with Crippen LogP contribution in [0.4, 0.5) is 4.39 Å². The number of carbonyl (C=O) groups excluding carboxylic acids is 1. The number of hydrogen-bond acceptors (Lipinski definition) is 3. The molecule has 92 valence electrons. The van der Waals surface area contributed by atoms with Gasteiger partial charge in [0, 0.05) is 19.0 Å². The Morgan fingerprint density at radius 1 is 1.53 bits per heavy atom. The molecule has 0 amide bonds. The number of methoxy groups -OCH3 is 1. The van der Waals surface area contributed by atoms with Gasteiger partial charge in [-0.1, -0.05) is 6.07 Å². The second kappa shape index (κ2) is 5.14. The molecule has 5 heteroatoms.